The number of benzene rings is 1. The molecule has 0 aromatic heterocycles. The van der Waals surface area contributed by atoms with E-state index < -0.39 is 0 Å². The van der Waals surface area contributed by atoms with E-state index >= 15 is 0 Å². The highest BCUT2D eigenvalue weighted by Gasteiger charge is 2.12. The van der Waals surface area contributed by atoms with Gasteiger partial charge in [-0.1, -0.05) is 18.6 Å². The molecule has 0 radical (unpaired) electrons. The highest BCUT2D eigenvalue weighted by Crippen LogP contribution is 2.26. The van der Waals surface area contributed by atoms with Gasteiger partial charge in [0, 0.05) is 6.04 Å². The van der Waals surface area contributed by atoms with E-state index in [1.54, 1.807) is 0 Å². The summed E-state index contributed by atoms with van der Waals surface area (Å²) in [5, 5.41) is 3.47. The number of ether oxygens (including phenoxy) is 3. The predicted molar refractivity (Wildman–Crippen MR) is 79.6 cm³/mol. The van der Waals surface area contributed by atoms with E-state index in [0.29, 0.717) is 25.9 Å². The molecule has 1 atom stereocenters. The lowest BCUT2D eigenvalue weighted by Crippen LogP contribution is -2.37. The van der Waals surface area contributed by atoms with Crippen molar-refractivity contribution >= 4 is 0 Å². The Balaban J connectivity index is 1.63. The standard InChI is InChI=1S/C16H25NO3/c1-2-19-15-8-3-4-9-16(15)20-12-11-18-13-14-7-5-6-10-17-14/h3-4,8-9,14,17H,2,5-7,10-13H2,1H3. The first-order chi connectivity index (χ1) is 9.90. The molecule has 0 saturated carbocycles. The summed E-state index contributed by atoms with van der Waals surface area (Å²) in [6.45, 7) is 5.67. The van der Waals surface area contributed by atoms with Crippen LogP contribution in [0.4, 0.5) is 0 Å². The van der Waals surface area contributed by atoms with Crippen LogP contribution in [0.5, 0.6) is 11.5 Å². The Morgan fingerprint density at radius 2 is 1.90 bits per heavy atom. The average Bonchev–Trinajstić information content (AvgIpc) is 2.50. The van der Waals surface area contributed by atoms with Gasteiger partial charge in [-0.2, -0.15) is 0 Å². The number of nitrogens with one attached hydrogen (secondary N) is 1. The average molecular weight is 279 g/mol. The van der Waals surface area contributed by atoms with Crippen LogP contribution in [0.15, 0.2) is 24.3 Å². The second kappa shape index (κ2) is 8.82. The summed E-state index contributed by atoms with van der Waals surface area (Å²) in [5.41, 5.74) is 0. The molecule has 1 aromatic rings. The lowest BCUT2D eigenvalue weighted by molar-refractivity contribution is 0.0768. The normalized spacial score (nSPS) is 18.8. The molecule has 2 rings (SSSR count). The summed E-state index contributed by atoms with van der Waals surface area (Å²) in [7, 11) is 0. The van der Waals surface area contributed by atoms with Crippen molar-refractivity contribution in [2.24, 2.45) is 0 Å². The van der Waals surface area contributed by atoms with Crippen molar-refractivity contribution in [2.75, 3.05) is 33.0 Å². The van der Waals surface area contributed by atoms with Crippen molar-refractivity contribution < 1.29 is 14.2 Å². The Bertz CT molecular complexity index is 378. The molecule has 1 fully saturated rings. The highest BCUT2D eigenvalue weighted by atomic mass is 16.5. The van der Waals surface area contributed by atoms with Gasteiger partial charge >= 0.3 is 0 Å². The van der Waals surface area contributed by atoms with E-state index in [1.807, 2.05) is 31.2 Å². The first kappa shape index (κ1) is 15.1. The van der Waals surface area contributed by atoms with Gasteiger partial charge in [0.15, 0.2) is 11.5 Å². The monoisotopic (exact) mass is 279 g/mol. The molecule has 4 heteroatoms. The van der Waals surface area contributed by atoms with E-state index in [1.165, 1.54) is 19.3 Å². The molecular formula is C16H25NO3. The van der Waals surface area contributed by atoms with E-state index in [2.05, 4.69) is 5.32 Å². The number of rotatable bonds is 8. The molecule has 0 aliphatic carbocycles. The fourth-order valence-electron chi connectivity index (χ4n) is 2.35. The first-order valence-electron chi connectivity index (χ1n) is 7.56. The van der Waals surface area contributed by atoms with Crippen LogP contribution in [0, 0.1) is 0 Å². The van der Waals surface area contributed by atoms with Gasteiger partial charge < -0.3 is 19.5 Å². The van der Waals surface area contributed by atoms with Crippen LogP contribution in [0.3, 0.4) is 0 Å². The van der Waals surface area contributed by atoms with Crippen LogP contribution in [0.25, 0.3) is 0 Å². The Morgan fingerprint density at radius 1 is 1.10 bits per heavy atom. The van der Waals surface area contributed by atoms with Gasteiger partial charge in [0.2, 0.25) is 0 Å². The van der Waals surface area contributed by atoms with Crippen LogP contribution < -0.4 is 14.8 Å². The number of hydrogen-bond acceptors (Lipinski definition) is 4. The van der Waals surface area contributed by atoms with Gasteiger partial charge in [0.1, 0.15) is 6.61 Å². The van der Waals surface area contributed by atoms with Crippen LogP contribution in [0.1, 0.15) is 26.2 Å². The summed E-state index contributed by atoms with van der Waals surface area (Å²) in [6, 6.07) is 8.26. The van der Waals surface area contributed by atoms with Gasteiger partial charge in [-0.3, -0.25) is 0 Å². The maximum absolute atomic E-state index is 5.71. The van der Waals surface area contributed by atoms with Gasteiger partial charge in [-0.15, -0.1) is 0 Å². The topological polar surface area (TPSA) is 39.7 Å². The van der Waals surface area contributed by atoms with Crippen LogP contribution in [0.2, 0.25) is 0 Å². The molecule has 4 nitrogen and oxygen atoms in total. The number of hydrogen-bond donors (Lipinski definition) is 1. The minimum Gasteiger partial charge on any atom is -0.490 e. The summed E-state index contributed by atoms with van der Waals surface area (Å²) < 4.78 is 16.9. The lowest BCUT2D eigenvalue weighted by Gasteiger charge is -2.23. The molecule has 1 aliphatic heterocycles. The minimum absolute atomic E-state index is 0.513. The lowest BCUT2D eigenvalue weighted by atomic mass is 10.1. The molecule has 0 spiro atoms. The second-order valence-electron chi connectivity index (χ2n) is 4.95. The van der Waals surface area contributed by atoms with E-state index in [9.17, 15) is 0 Å². The van der Waals surface area contributed by atoms with Crippen LogP contribution in [-0.4, -0.2) is 39.0 Å². The van der Waals surface area contributed by atoms with E-state index in [-0.39, 0.29) is 0 Å². The Hall–Kier alpha value is -1.26. The number of para-hydroxylation sites is 2. The molecule has 0 bridgehead atoms. The van der Waals surface area contributed by atoms with Crippen molar-refractivity contribution in [1.82, 2.24) is 5.32 Å². The van der Waals surface area contributed by atoms with Gasteiger partial charge in [0.25, 0.3) is 0 Å². The summed E-state index contributed by atoms with van der Waals surface area (Å²) in [5.74, 6) is 1.58. The zero-order valence-electron chi connectivity index (χ0n) is 12.3. The molecule has 1 aromatic carbocycles. The van der Waals surface area contributed by atoms with Gasteiger partial charge in [-0.25, -0.2) is 0 Å². The maximum atomic E-state index is 5.71. The third-order valence-electron chi connectivity index (χ3n) is 3.37. The van der Waals surface area contributed by atoms with Crippen molar-refractivity contribution in [3.8, 4) is 11.5 Å². The highest BCUT2D eigenvalue weighted by molar-refractivity contribution is 5.39. The molecule has 112 valence electrons. The minimum atomic E-state index is 0.513. The molecule has 1 aliphatic rings. The zero-order chi connectivity index (χ0) is 14.0. The Morgan fingerprint density at radius 3 is 2.60 bits per heavy atom. The van der Waals surface area contributed by atoms with Gasteiger partial charge in [-0.05, 0) is 38.4 Å². The molecular weight excluding hydrogens is 254 g/mol. The van der Waals surface area contributed by atoms with Gasteiger partial charge in [0.05, 0.1) is 19.8 Å². The predicted octanol–water partition coefficient (Wildman–Crippen LogP) is 2.62. The zero-order valence-corrected chi connectivity index (χ0v) is 12.3. The molecule has 1 saturated heterocycles. The maximum Gasteiger partial charge on any atom is 0.161 e. The smallest absolute Gasteiger partial charge is 0.161 e. The molecule has 1 N–H and O–H groups in total. The van der Waals surface area contributed by atoms with Crippen LogP contribution in [-0.2, 0) is 4.74 Å². The molecule has 1 unspecified atom stereocenters. The summed E-state index contributed by atoms with van der Waals surface area (Å²) >= 11 is 0. The third kappa shape index (κ3) is 5.02. The number of piperidine rings is 1. The van der Waals surface area contributed by atoms with Crippen LogP contribution >= 0.6 is 0 Å². The van der Waals surface area contributed by atoms with E-state index in [4.69, 9.17) is 14.2 Å². The fourth-order valence-corrected chi connectivity index (χ4v) is 2.35. The molecule has 20 heavy (non-hydrogen) atoms. The SMILES string of the molecule is CCOc1ccccc1OCCOCC1CCCCN1. The van der Waals surface area contributed by atoms with Crippen molar-refractivity contribution in [3.05, 3.63) is 24.3 Å². The first-order valence-corrected chi connectivity index (χ1v) is 7.56. The largest absolute Gasteiger partial charge is 0.490 e. The quantitative estimate of drug-likeness (QED) is 0.743. The molecule has 1 heterocycles. The summed E-state index contributed by atoms with van der Waals surface area (Å²) in [4.78, 5) is 0. The molecule has 0 amide bonds. The van der Waals surface area contributed by atoms with Crippen molar-refractivity contribution in [2.45, 2.75) is 32.2 Å². The summed E-state index contributed by atoms with van der Waals surface area (Å²) in [6.07, 6.45) is 3.81. The Kier molecular flexibility index (Phi) is 6.68. The Labute approximate surface area is 121 Å². The van der Waals surface area contributed by atoms with E-state index in [0.717, 1.165) is 24.7 Å². The fraction of sp³-hybridized carbons (Fsp3) is 0.625. The van der Waals surface area contributed by atoms with Crippen molar-refractivity contribution in [3.63, 3.8) is 0 Å². The second-order valence-corrected chi connectivity index (χ2v) is 4.95. The third-order valence-corrected chi connectivity index (χ3v) is 3.37. The van der Waals surface area contributed by atoms with Crippen molar-refractivity contribution in [1.29, 1.82) is 0 Å².